The summed E-state index contributed by atoms with van der Waals surface area (Å²) in [7, 11) is 1.90. The number of carboxylic acids is 1. The molecule has 18 heavy (non-hydrogen) atoms. The van der Waals surface area contributed by atoms with Crippen molar-refractivity contribution in [2.75, 3.05) is 18.5 Å². The maximum Gasteiger partial charge on any atom is 0.303 e. The molecule has 0 fully saturated rings. The van der Waals surface area contributed by atoms with Gasteiger partial charge >= 0.3 is 5.97 Å². The maximum absolute atomic E-state index is 10.4. The van der Waals surface area contributed by atoms with Gasteiger partial charge in [0.05, 0.1) is 6.10 Å². The van der Waals surface area contributed by atoms with Crippen LogP contribution in [0.5, 0.6) is 0 Å². The molecule has 0 saturated heterocycles. The second kappa shape index (κ2) is 6.40. The second-order valence-electron chi connectivity index (χ2n) is 4.74. The number of benzene rings is 1. The van der Waals surface area contributed by atoms with Crippen LogP contribution in [0.3, 0.4) is 0 Å². The summed E-state index contributed by atoms with van der Waals surface area (Å²) < 4.78 is 0. The molecule has 0 saturated carbocycles. The van der Waals surface area contributed by atoms with E-state index in [-0.39, 0.29) is 12.8 Å². The molecule has 100 valence electrons. The van der Waals surface area contributed by atoms with Crippen LogP contribution in [-0.2, 0) is 4.79 Å². The molecule has 4 nitrogen and oxygen atoms in total. The Morgan fingerprint density at radius 3 is 2.56 bits per heavy atom. The van der Waals surface area contributed by atoms with Gasteiger partial charge in [0, 0.05) is 25.7 Å². The number of anilines is 1. The molecule has 1 atom stereocenters. The largest absolute Gasteiger partial charge is 0.481 e. The van der Waals surface area contributed by atoms with E-state index in [0.29, 0.717) is 6.54 Å². The predicted octanol–water partition coefficient (Wildman–Crippen LogP) is 1.97. The molecular formula is C14H21NO3. The van der Waals surface area contributed by atoms with Crippen molar-refractivity contribution in [1.29, 1.82) is 0 Å². The Bertz CT molecular complexity index is 418. The zero-order valence-electron chi connectivity index (χ0n) is 11.2. The van der Waals surface area contributed by atoms with E-state index in [0.717, 1.165) is 5.69 Å². The van der Waals surface area contributed by atoms with Gasteiger partial charge in [0.25, 0.3) is 0 Å². The number of hydrogen-bond donors (Lipinski definition) is 2. The molecule has 0 aliphatic carbocycles. The maximum atomic E-state index is 10.4. The van der Waals surface area contributed by atoms with E-state index in [1.807, 2.05) is 31.0 Å². The molecule has 1 aromatic rings. The molecule has 0 amide bonds. The van der Waals surface area contributed by atoms with Crippen molar-refractivity contribution < 1.29 is 15.0 Å². The van der Waals surface area contributed by atoms with Crippen molar-refractivity contribution in [2.24, 2.45) is 0 Å². The van der Waals surface area contributed by atoms with Crippen LogP contribution in [0, 0.1) is 13.8 Å². The van der Waals surface area contributed by atoms with Gasteiger partial charge in [-0.05, 0) is 43.5 Å². The van der Waals surface area contributed by atoms with Gasteiger partial charge < -0.3 is 15.1 Å². The lowest BCUT2D eigenvalue weighted by molar-refractivity contribution is -0.137. The van der Waals surface area contributed by atoms with Crippen molar-refractivity contribution in [1.82, 2.24) is 0 Å². The highest BCUT2D eigenvalue weighted by molar-refractivity contribution is 5.66. The first kappa shape index (κ1) is 14.5. The number of hydrogen-bond acceptors (Lipinski definition) is 3. The number of carboxylic acid groups (broad SMARTS) is 1. The first-order valence-electron chi connectivity index (χ1n) is 6.08. The molecule has 4 heteroatoms. The number of nitrogens with zero attached hydrogens (tertiary/aromatic N) is 1. The van der Waals surface area contributed by atoms with Crippen LogP contribution in [0.25, 0.3) is 0 Å². The molecule has 0 heterocycles. The molecule has 0 aliphatic rings. The standard InChI is InChI=1S/C14H21NO3/c1-10-4-5-12(8-11(10)2)15(3)9-13(16)6-7-14(17)18/h4-5,8,13,16H,6-7,9H2,1-3H3,(H,17,18). The summed E-state index contributed by atoms with van der Waals surface area (Å²) in [5.41, 5.74) is 3.48. The highest BCUT2D eigenvalue weighted by Crippen LogP contribution is 2.18. The fraction of sp³-hybridized carbons (Fsp3) is 0.500. The third-order valence-corrected chi connectivity index (χ3v) is 3.11. The molecule has 1 rings (SSSR count). The summed E-state index contributed by atoms with van der Waals surface area (Å²) in [5, 5.41) is 18.3. The van der Waals surface area contributed by atoms with Crippen molar-refractivity contribution in [3.63, 3.8) is 0 Å². The first-order chi connectivity index (χ1) is 8.40. The van der Waals surface area contributed by atoms with Gasteiger partial charge in [0.15, 0.2) is 0 Å². The quantitative estimate of drug-likeness (QED) is 0.811. The monoisotopic (exact) mass is 251 g/mol. The Morgan fingerprint density at radius 2 is 2.00 bits per heavy atom. The van der Waals surface area contributed by atoms with Crippen LogP contribution >= 0.6 is 0 Å². The van der Waals surface area contributed by atoms with Crippen molar-refractivity contribution in [3.8, 4) is 0 Å². The summed E-state index contributed by atoms with van der Waals surface area (Å²) >= 11 is 0. The van der Waals surface area contributed by atoms with Crippen LogP contribution in [0.1, 0.15) is 24.0 Å². The Kier molecular flexibility index (Phi) is 5.16. The summed E-state index contributed by atoms with van der Waals surface area (Å²) in [6.07, 6.45) is -0.334. The van der Waals surface area contributed by atoms with Crippen LogP contribution < -0.4 is 4.90 Å². The van der Waals surface area contributed by atoms with Gasteiger partial charge in [-0.25, -0.2) is 0 Å². The molecular weight excluding hydrogens is 230 g/mol. The SMILES string of the molecule is Cc1ccc(N(C)CC(O)CCC(=O)O)cc1C. The molecule has 0 spiro atoms. The highest BCUT2D eigenvalue weighted by atomic mass is 16.4. The van der Waals surface area contributed by atoms with Gasteiger partial charge in [-0.15, -0.1) is 0 Å². The smallest absolute Gasteiger partial charge is 0.303 e. The summed E-state index contributed by atoms with van der Waals surface area (Å²) in [6.45, 7) is 4.55. The van der Waals surface area contributed by atoms with E-state index >= 15 is 0 Å². The van der Waals surface area contributed by atoms with E-state index < -0.39 is 12.1 Å². The molecule has 1 unspecified atom stereocenters. The van der Waals surface area contributed by atoms with E-state index in [1.165, 1.54) is 11.1 Å². The topological polar surface area (TPSA) is 60.8 Å². The van der Waals surface area contributed by atoms with Gasteiger partial charge in [-0.1, -0.05) is 6.07 Å². The Hall–Kier alpha value is -1.55. The number of aliphatic carboxylic acids is 1. The summed E-state index contributed by atoms with van der Waals surface area (Å²) in [6, 6.07) is 6.12. The average molecular weight is 251 g/mol. The number of rotatable bonds is 6. The zero-order valence-corrected chi connectivity index (χ0v) is 11.2. The lowest BCUT2D eigenvalue weighted by Crippen LogP contribution is -2.29. The fourth-order valence-corrected chi connectivity index (χ4v) is 1.77. The lowest BCUT2D eigenvalue weighted by atomic mass is 10.1. The summed E-state index contributed by atoms with van der Waals surface area (Å²) in [5.74, 6) is -0.872. The fourth-order valence-electron chi connectivity index (χ4n) is 1.77. The third-order valence-electron chi connectivity index (χ3n) is 3.11. The van der Waals surface area contributed by atoms with Gasteiger partial charge in [0.1, 0.15) is 0 Å². The van der Waals surface area contributed by atoms with Gasteiger partial charge in [0.2, 0.25) is 0 Å². The van der Waals surface area contributed by atoms with Gasteiger partial charge in [-0.3, -0.25) is 4.79 Å². The predicted molar refractivity (Wildman–Crippen MR) is 72.1 cm³/mol. The first-order valence-corrected chi connectivity index (χ1v) is 6.08. The minimum Gasteiger partial charge on any atom is -0.481 e. The van der Waals surface area contributed by atoms with Crippen molar-refractivity contribution in [3.05, 3.63) is 29.3 Å². The van der Waals surface area contributed by atoms with Crippen molar-refractivity contribution >= 4 is 11.7 Å². The average Bonchev–Trinajstić information content (AvgIpc) is 2.30. The minimum absolute atomic E-state index is 0.00192. The highest BCUT2D eigenvalue weighted by Gasteiger charge is 2.11. The third kappa shape index (κ3) is 4.37. The molecule has 1 aromatic carbocycles. The Labute approximate surface area is 108 Å². The normalized spacial score (nSPS) is 12.2. The lowest BCUT2D eigenvalue weighted by Gasteiger charge is -2.23. The zero-order chi connectivity index (χ0) is 13.7. The summed E-state index contributed by atoms with van der Waals surface area (Å²) in [4.78, 5) is 12.4. The van der Waals surface area contributed by atoms with Crippen LogP contribution in [0.2, 0.25) is 0 Å². The molecule has 0 bridgehead atoms. The number of likely N-dealkylation sites (N-methyl/N-ethyl adjacent to an activating group) is 1. The number of aliphatic hydroxyl groups is 1. The van der Waals surface area contributed by atoms with E-state index in [1.54, 1.807) is 0 Å². The minimum atomic E-state index is -0.872. The van der Waals surface area contributed by atoms with Crippen LogP contribution in [-0.4, -0.2) is 35.9 Å². The van der Waals surface area contributed by atoms with Gasteiger partial charge in [-0.2, -0.15) is 0 Å². The molecule has 0 aliphatic heterocycles. The number of carbonyl (C=O) groups is 1. The molecule has 2 N–H and O–H groups in total. The Balaban J connectivity index is 2.56. The second-order valence-corrected chi connectivity index (χ2v) is 4.74. The number of aliphatic hydroxyl groups excluding tert-OH is 1. The van der Waals surface area contributed by atoms with Crippen molar-refractivity contribution in [2.45, 2.75) is 32.8 Å². The van der Waals surface area contributed by atoms with Crippen LogP contribution in [0.4, 0.5) is 5.69 Å². The Morgan fingerprint density at radius 1 is 1.33 bits per heavy atom. The van der Waals surface area contributed by atoms with E-state index in [4.69, 9.17) is 5.11 Å². The van der Waals surface area contributed by atoms with E-state index in [9.17, 15) is 9.90 Å². The number of aryl methyl sites for hydroxylation is 2. The molecule has 0 aromatic heterocycles. The van der Waals surface area contributed by atoms with E-state index in [2.05, 4.69) is 13.0 Å². The molecule has 0 radical (unpaired) electrons. The van der Waals surface area contributed by atoms with Crippen LogP contribution in [0.15, 0.2) is 18.2 Å².